The zero-order valence-electron chi connectivity index (χ0n) is 11.8. The fourth-order valence-electron chi connectivity index (χ4n) is 2.21. The summed E-state index contributed by atoms with van der Waals surface area (Å²) in [7, 11) is 3.30. The standard InChI is InChI=1S/C15H18BrNO3/c1-4-17-14(15-10(16)8-9-20-15)13-11(18-2)6-5-7-12(13)19-3/h5-9,14,17H,4H2,1-3H3. The van der Waals surface area contributed by atoms with Gasteiger partial charge in [0.1, 0.15) is 17.3 Å². The van der Waals surface area contributed by atoms with Gasteiger partial charge in [0.15, 0.2) is 0 Å². The van der Waals surface area contributed by atoms with E-state index in [2.05, 4.69) is 21.2 Å². The molecule has 1 atom stereocenters. The largest absolute Gasteiger partial charge is 0.496 e. The molecule has 0 aliphatic heterocycles. The first-order valence-corrected chi connectivity index (χ1v) is 7.19. The summed E-state index contributed by atoms with van der Waals surface area (Å²) in [5, 5.41) is 3.41. The Hall–Kier alpha value is -1.46. The molecule has 1 N–H and O–H groups in total. The topological polar surface area (TPSA) is 43.6 Å². The molecule has 1 aromatic carbocycles. The van der Waals surface area contributed by atoms with Crippen LogP contribution >= 0.6 is 15.9 Å². The van der Waals surface area contributed by atoms with Gasteiger partial charge in [-0.1, -0.05) is 13.0 Å². The maximum atomic E-state index is 5.61. The van der Waals surface area contributed by atoms with Crippen molar-refractivity contribution in [1.29, 1.82) is 0 Å². The van der Waals surface area contributed by atoms with Crippen molar-refractivity contribution in [1.82, 2.24) is 5.32 Å². The van der Waals surface area contributed by atoms with Gasteiger partial charge in [0, 0.05) is 0 Å². The zero-order valence-corrected chi connectivity index (χ0v) is 13.4. The van der Waals surface area contributed by atoms with Crippen molar-refractivity contribution in [3.63, 3.8) is 0 Å². The lowest BCUT2D eigenvalue weighted by Crippen LogP contribution is -2.23. The predicted molar refractivity (Wildman–Crippen MR) is 81.5 cm³/mol. The number of halogens is 1. The summed E-state index contributed by atoms with van der Waals surface area (Å²) in [6, 6.07) is 7.47. The van der Waals surface area contributed by atoms with Crippen molar-refractivity contribution in [2.75, 3.05) is 20.8 Å². The number of nitrogens with one attached hydrogen (secondary N) is 1. The fourth-order valence-corrected chi connectivity index (χ4v) is 2.64. The van der Waals surface area contributed by atoms with Crippen molar-refractivity contribution in [2.45, 2.75) is 13.0 Å². The Bertz CT molecular complexity index is 546. The molecule has 0 aliphatic carbocycles. The van der Waals surface area contributed by atoms with Crippen LogP contribution in [0.1, 0.15) is 24.3 Å². The van der Waals surface area contributed by atoms with Crippen LogP contribution in [0.2, 0.25) is 0 Å². The minimum Gasteiger partial charge on any atom is -0.496 e. The van der Waals surface area contributed by atoms with Crippen molar-refractivity contribution in [3.05, 3.63) is 46.3 Å². The molecule has 5 heteroatoms. The smallest absolute Gasteiger partial charge is 0.139 e. The first-order valence-electron chi connectivity index (χ1n) is 6.40. The van der Waals surface area contributed by atoms with E-state index in [4.69, 9.17) is 13.9 Å². The Kier molecular flexibility index (Phi) is 5.09. The number of furan rings is 1. The van der Waals surface area contributed by atoms with Gasteiger partial charge >= 0.3 is 0 Å². The molecule has 0 fully saturated rings. The quantitative estimate of drug-likeness (QED) is 0.870. The van der Waals surface area contributed by atoms with Crippen molar-refractivity contribution in [2.24, 2.45) is 0 Å². The first kappa shape index (κ1) is 14.9. The van der Waals surface area contributed by atoms with Crippen LogP contribution in [0.4, 0.5) is 0 Å². The number of methoxy groups -OCH3 is 2. The molecule has 1 unspecified atom stereocenters. The van der Waals surface area contributed by atoms with Gasteiger partial charge < -0.3 is 19.2 Å². The zero-order chi connectivity index (χ0) is 14.5. The summed E-state index contributed by atoms with van der Waals surface area (Å²) in [5.41, 5.74) is 0.926. The maximum Gasteiger partial charge on any atom is 0.139 e. The highest BCUT2D eigenvalue weighted by Crippen LogP contribution is 2.39. The normalized spacial score (nSPS) is 12.2. The van der Waals surface area contributed by atoms with E-state index in [1.165, 1.54) is 0 Å². The molecule has 0 aliphatic rings. The highest BCUT2D eigenvalue weighted by Gasteiger charge is 2.26. The summed E-state index contributed by atoms with van der Waals surface area (Å²) in [5.74, 6) is 2.33. The fraction of sp³-hybridized carbons (Fsp3) is 0.333. The Morgan fingerprint density at radius 3 is 2.30 bits per heavy atom. The molecule has 1 heterocycles. The summed E-state index contributed by atoms with van der Waals surface area (Å²) >= 11 is 3.51. The Balaban J connectivity index is 2.57. The summed E-state index contributed by atoms with van der Waals surface area (Å²) in [6.45, 7) is 2.84. The molecule has 0 bridgehead atoms. The second-order valence-electron chi connectivity index (χ2n) is 4.20. The summed E-state index contributed by atoms with van der Waals surface area (Å²) < 4.78 is 17.5. The van der Waals surface area contributed by atoms with Gasteiger partial charge in [-0.3, -0.25) is 0 Å². The summed E-state index contributed by atoms with van der Waals surface area (Å²) in [4.78, 5) is 0. The second-order valence-corrected chi connectivity index (χ2v) is 5.05. The molecule has 1 aromatic heterocycles. The van der Waals surface area contributed by atoms with E-state index in [1.54, 1.807) is 20.5 Å². The van der Waals surface area contributed by atoms with E-state index in [0.717, 1.165) is 33.8 Å². The molecule has 108 valence electrons. The van der Waals surface area contributed by atoms with Crippen LogP contribution in [0.25, 0.3) is 0 Å². The van der Waals surface area contributed by atoms with E-state index in [0.29, 0.717) is 0 Å². The molecule has 0 saturated heterocycles. The molecule has 4 nitrogen and oxygen atoms in total. The number of hydrogen-bond donors (Lipinski definition) is 1. The lowest BCUT2D eigenvalue weighted by Gasteiger charge is -2.21. The van der Waals surface area contributed by atoms with Gasteiger partial charge in [-0.05, 0) is 40.7 Å². The SMILES string of the molecule is CCNC(c1occc1Br)c1c(OC)cccc1OC. The molecule has 0 spiro atoms. The van der Waals surface area contributed by atoms with Gasteiger partial charge in [-0.25, -0.2) is 0 Å². The van der Waals surface area contributed by atoms with E-state index < -0.39 is 0 Å². The Morgan fingerprint density at radius 2 is 1.85 bits per heavy atom. The number of ether oxygens (including phenoxy) is 2. The molecular formula is C15H18BrNO3. The summed E-state index contributed by atoms with van der Waals surface area (Å²) in [6.07, 6.45) is 1.66. The predicted octanol–water partition coefficient (Wildman–Crippen LogP) is 3.76. The monoisotopic (exact) mass is 339 g/mol. The highest BCUT2D eigenvalue weighted by atomic mass is 79.9. The third kappa shape index (κ3) is 2.83. The van der Waals surface area contributed by atoms with Crippen LogP contribution in [0.15, 0.2) is 39.4 Å². The van der Waals surface area contributed by atoms with Crippen LogP contribution in [-0.2, 0) is 0 Å². The number of benzene rings is 1. The lowest BCUT2D eigenvalue weighted by molar-refractivity contribution is 0.366. The number of hydrogen-bond acceptors (Lipinski definition) is 4. The molecular weight excluding hydrogens is 322 g/mol. The highest BCUT2D eigenvalue weighted by molar-refractivity contribution is 9.10. The van der Waals surface area contributed by atoms with Gasteiger partial charge in [0.05, 0.1) is 36.6 Å². The van der Waals surface area contributed by atoms with Crippen molar-refractivity contribution >= 4 is 15.9 Å². The third-order valence-corrected chi connectivity index (χ3v) is 3.72. The first-order chi connectivity index (χ1) is 9.72. The minimum absolute atomic E-state index is 0.143. The van der Waals surface area contributed by atoms with Crippen molar-refractivity contribution in [3.8, 4) is 11.5 Å². The maximum absolute atomic E-state index is 5.61. The molecule has 0 saturated carbocycles. The third-order valence-electron chi connectivity index (χ3n) is 3.07. The molecule has 20 heavy (non-hydrogen) atoms. The minimum atomic E-state index is -0.143. The molecule has 0 radical (unpaired) electrons. The molecule has 0 amide bonds. The lowest BCUT2D eigenvalue weighted by atomic mass is 10.0. The van der Waals surface area contributed by atoms with Gasteiger partial charge in [0.25, 0.3) is 0 Å². The van der Waals surface area contributed by atoms with Crippen LogP contribution in [0.5, 0.6) is 11.5 Å². The van der Waals surface area contributed by atoms with Gasteiger partial charge in [0.2, 0.25) is 0 Å². The Labute approximate surface area is 127 Å². The van der Waals surface area contributed by atoms with E-state index in [1.807, 2.05) is 31.2 Å². The Morgan fingerprint density at radius 1 is 1.20 bits per heavy atom. The number of rotatable bonds is 6. The average molecular weight is 340 g/mol. The second kappa shape index (κ2) is 6.81. The van der Waals surface area contributed by atoms with Gasteiger partial charge in [-0.2, -0.15) is 0 Å². The average Bonchev–Trinajstić information content (AvgIpc) is 2.90. The van der Waals surface area contributed by atoms with E-state index in [-0.39, 0.29) is 6.04 Å². The molecule has 2 rings (SSSR count). The van der Waals surface area contributed by atoms with E-state index in [9.17, 15) is 0 Å². The van der Waals surface area contributed by atoms with E-state index >= 15 is 0 Å². The van der Waals surface area contributed by atoms with Crippen LogP contribution < -0.4 is 14.8 Å². The van der Waals surface area contributed by atoms with Crippen molar-refractivity contribution < 1.29 is 13.9 Å². The van der Waals surface area contributed by atoms with Crippen LogP contribution in [-0.4, -0.2) is 20.8 Å². The van der Waals surface area contributed by atoms with Crippen LogP contribution in [0.3, 0.4) is 0 Å². The van der Waals surface area contributed by atoms with Gasteiger partial charge in [-0.15, -0.1) is 0 Å². The van der Waals surface area contributed by atoms with Crippen LogP contribution in [0, 0.1) is 0 Å². The molecule has 2 aromatic rings.